The van der Waals surface area contributed by atoms with Gasteiger partial charge in [-0.15, -0.1) is 22.7 Å². The molecular formula is C128H92N4O2S2. The van der Waals surface area contributed by atoms with Gasteiger partial charge < -0.3 is 8.83 Å². The molecule has 8 saturated carbocycles. The summed E-state index contributed by atoms with van der Waals surface area (Å²) in [6, 6.07) is 144. The third kappa shape index (κ3) is 12.0. The molecule has 8 fully saturated rings. The summed E-state index contributed by atoms with van der Waals surface area (Å²) < 4.78 is 15.4. The summed E-state index contributed by atoms with van der Waals surface area (Å²) in [5.41, 5.74) is 26.1. The summed E-state index contributed by atoms with van der Waals surface area (Å²) in [7, 11) is 0. The van der Waals surface area contributed by atoms with Crippen molar-refractivity contribution in [1.82, 2.24) is 19.9 Å². The molecule has 136 heavy (non-hydrogen) atoms. The molecule has 0 amide bonds. The van der Waals surface area contributed by atoms with Crippen LogP contribution in [0.15, 0.2) is 397 Å². The number of hydrogen-bond acceptors (Lipinski definition) is 8. The van der Waals surface area contributed by atoms with E-state index in [-0.39, 0.29) is 10.8 Å². The van der Waals surface area contributed by atoms with Crippen LogP contribution in [0, 0.1) is 47.3 Å². The Morgan fingerprint density at radius 1 is 0.191 bits per heavy atom. The van der Waals surface area contributed by atoms with Gasteiger partial charge in [-0.2, -0.15) is 0 Å². The van der Waals surface area contributed by atoms with Gasteiger partial charge in [-0.05, 0) is 313 Å². The fourth-order valence-corrected chi connectivity index (χ4v) is 30.4. The highest BCUT2D eigenvalue weighted by Crippen LogP contribution is 2.68. The van der Waals surface area contributed by atoms with Gasteiger partial charge in [-0.1, -0.05) is 340 Å². The Hall–Kier alpha value is -14.8. The first-order valence-corrected chi connectivity index (χ1v) is 50.6. The molecule has 4 heterocycles. The second-order valence-corrected chi connectivity index (χ2v) is 42.0. The molecule has 0 atom stereocenters. The van der Waals surface area contributed by atoms with Crippen LogP contribution < -0.4 is 0 Å². The minimum atomic E-state index is -0.0492. The predicted octanol–water partition coefficient (Wildman–Crippen LogP) is 34.9. The van der Waals surface area contributed by atoms with Gasteiger partial charge in [0.25, 0.3) is 0 Å². The highest BCUT2D eigenvalue weighted by molar-refractivity contribution is 7.22. The zero-order valence-corrected chi connectivity index (χ0v) is 76.7. The third-order valence-electron chi connectivity index (χ3n) is 33.2. The molecule has 8 bridgehead atoms. The molecule has 0 unspecified atom stereocenters. The van der Waals surface area contributed by atoms with Crippen molar-refractivity contribution < 1.29 is 8.83 Å². The number of nitrogens with zero attached hydrogens (tertiary/aromatic N) is 4. The molecule has 8 heteroatoms. The van der Waals surface area contributed by atoms with E-state index in [1.54, 1.807) is 22.7 Å². The third-order valence-corrected chi connectivity index (χ3v) is 35.3. The van der Waals surface area contributed by atoms with Crippen molar-refractivity contribution in [2.75, 3.05) is 0 Å². The second kappa shape index (κ2) is 30.9. The number of oxazole rings is 2. The standard InChI is InChI=1S/C64H46N2O2.C64H46N2S2/c2*1-5-17-50-46(13-1)58(47-14-2-6-18-51(47)60(50)62-65-54-21-9-11-23-56(54)67-62)40-25-29-42(30-26-40)64(44-34-38-33-39(36-44)37-45(64)35-38)43-31-27-41(28-32-43)59-48-15-3-7-19-52(48)61(53-20-8-4-16-49(53)59)63-66-55-22-10-12-24-57(55)68-63/h2*1-32,38-39,44-45H,33-37H2. The summed E-state index contributed by atoms with van der Waals surface area (Å²) in [6.07, 6.45) is 13.4. The number of hydrogen-bond donors (Lipinski definition) is 0. The number of fused-ring (bicyclic) bond motifs is 12. The van der Waals surface area contributed by atoms with E-state index in [2.05, 4.69) is 340 Å². The zero-order valence-electron chi connectivity index (χ0n) is 75.1. The van der Waals surface area contributed by atoms with Crippen LogP contribution >= 0.6 is 22.7 Å². The molecule has 4 aromatic heterocycles. The van der Waals surface area contributed by atoms with Crippen LogP contribution in [0.5, 0.6) is 0 Å². The molecule has 8 aliphatic carbocycles. The number of rotatable bonds is 12. The van der Waals surface area contributed by atoms with Crippen LogP contribution in [0.1, 0.15) is 86.5 Å². The molecule has 6 nitrogen and oxygen atoms in total. The first kappa shape index (κ1) is 78.7. The van der Waals surface area contributed by atoms with E-state index < -0.39 is 0 Å². The highest BCUT2D eigenvalue weighted by Gasteiger charge is 2.60. The lowest BCUT2D eigenvalue weighted by Crippen LogP contribution is -2.56. The van der Waals surface area contributed by atoms with Gasteiger partial charge in [0, 0.05) is 22.0 Å². The van der Waals surface area contributed by atoms with Gasteiger partial charge in [-0.25, -0.2) is 19.9 Å². The minimum Gasteiger partial charge on any atom is -0.436 e. The van der Waals surface area contributed by atoms with Crippen LogP contribution in [-0.2, 0) is 10.8 Å². The maximum atomic E-state index is 6.48. The maximum Gasteiger partial charge on any atom is 0.228 e. The zero-order chi connectivity index (χ0) is 89.0. The summed E-state index contributed by atoms with van der Waals surface area (Å²) in [5, 5.41) is 21.7. The van der Waals surface area contributed by atoms with Crippen molar-refractivity contribution >= 4 is 151 Å². The van der Waals surface area contributed by atoms with Crippen LogP contribution in [0.4, 0.5) is 0 Å². The summed E-state index contributed by atoms with van der Waals surface area (Å²) in [4.78, 5) is 20.5. The predicted molar refractivity (Wildman–Crippen MR) is 566 cm³/mol. The van der Waals surface area contributed by atoms with Crippen molar-refractivity contribution in [2.24, 2.45) is 47.3 Å². The fourth-order valence-electron chi connectivity index (χ4n) is 28.3. The van der Waals surface area contributed by atoms with Crippen molar-refractivity contribution in [3.8, 4) is 88.6 Å². The lowest BCUT2D eigenvalue weighted by atomic mass is 9.42. The largest absolute Gasteiger partial charge is 0.436 e. The van der Waals surface area contributed by atoms with Gasteiger partial charge in [0.2, 0.25) is 11.8 Å². The molecule has 648 valence electrons. The first-order valence-electron chi connectivity index (χ1n) is 49.0. The normalized spacial score (nSPS) is 19.6. The molecule has 20 aromatic carbocycles. The van der Waals surface area contributed by atoms with Gasteiger partial charge >= 0.3 is 0 Å². The highest BCUT2D eigenvalue weighted by atomic mass is 32.1. The fraction of sp³-hybridized carbons (Fsp3) is 0.156. The Morgan fingerprint density at radius 3 is 0.632 bits per heavy atom. The lowest BCUT2D eigenvalue weighted by molar-refractivity contribution is -0.0418. The molecule has 8 aliphatic rings. The van der Waals surface area contributed by atoms with Gasteiger partial charge in [-0.3, -0.25) is 0 Å². The SMILES string of the molecule is c1ccc2oc(-c3c4ccccc4c(-c4ccc(C5(c6ccc(-c7c8ccccc8c(-c8nc9ccccc9o8)c8ccccc78)cc6)C6CC7CC(C6)CC5C7)cc4)c4ccccc34)nc2c1.c1ccc2sc(-c3c4ccccc4c(-c4ccc(C5(c6ccc(-c7c8ccccc8c(-c8nc9ccccc9s8)c8ccccc78)cc6)C6CC7CC(C6)CC5C7)cc4)c4ccccc34)nc2c1. The van der Waals surface area contributed by atoms with Crippen LogP contribution in [0.3, 0.4) is 0 Å². The van der Waals surface area contributed by atoms with Crippen LogP contribution in [0.2, 0.25) is 0 Å². The summed E-state index contributed by atoms with van der Waals surface area (Å²) in [5.74, 6) is 7.25. The van der Waals surface area contributed by atoms with Crippen molar-refractivity contribution in [3.05, 3.63) is 411 Å². The van der Waals surface area contributed by atoms with E-state index in [9.17, 15) is 0 Å². The average molecular weight is 1780 g/mol. The number of para-hydroxylation sites is 6. The van der Waals surface area contributed by atoms with Crippen molar-refractivity contribution in [2.45, 2.75) is 75.0 Å². The Labute approximate surface area is 795 Å². The Kier molecular flexibility index (Phi) is 17.9. The Bertz CT molecular complexity index is 7600. The number of aromatic nitrogens is 4. The van der Waals surface area contributed by atoms with E-state index in [4.69, 9.17) is 28.8 Å². The van der Waals surface area contributed by atoms with E-state index in [0.29, 0.717) is 35.5 Å². The van der Waals surface area contributed by atoms with Crippen molar-refractivity contribution in [1.29, 1.82) is 0 Å². The molecule has 32 rings (SSSR count). The van der Waals surface area contributed by atoms with E-state index in [1.165, 1.54) is 216 Å². The topological polar surface area (TPSA) is 77.8 Å². The van der Waals surface area contributed by atoms with Crippen LogP contribution in [-0.4, -0.2) is 19.9 Å². The van der Waals surface area contributed by atoms with Crippen LogP contribution in [0.25, 0.3) is 217 Å². The number of benzene rings is 20. The van der Waals surface area contributed by atoms with E-state index in [0.717, 1.165) is 99.6 Å². The quantitative estimate of drug-likeness (QED) is 0.113. The van der Waals surface area contributed by atoms with E-state index in [1.807, 2.05) is 48.5 Å². The van der Waals surface area contributed by atoms with Gasteiger partial charge in [0.1, 0.15) is 21.0 Å². The molecule has 0 N–H and O–H groups in total. The summed E-state index contributed by atoms with van der Waals surface area (Å²) in [6.45, 7) is 0. The Balaban J connectivity index is 0.000000132. The average Bonchev–Trinajstić information content (AvgIpc) is 0.758. The molecule has 0 aliphatic heterocycles. The lowest BCUT2D eigenvalue weighted by Gasteiger charge is -2.62. The second-order valence-electron chi connectivity index (χ2n) is 40.0. The maximum absolute atomic E-state index is 6.48. The summed E-state index contributed by atoms with van der Waals surface area (Å²) >= 11 is 3.59. The number of thiazole rings is 2. The van der Waals surface area contributed by atoms with Gasteiger partial charge in [0.05, 0.1) is 31.6 Å². The minimum absolute atomic E-state index is 0.0217. The van der Waals surface area contributed by atoms with Crippen molar-refractivity contribution in [3.63, 3.8) is 0 Å². The molecule has 0 spiro atoms. The Morgan fingerprint density at radius 2 is 0.397 bits per heavy atom. The van der Waals surface area contributed by atoms with E-state index >= 15 is 0 Å². The molecule has 24 aromatic rings. The van der Waals surface area contributed by atoms with Gasteiger partial charge in [0.15, 0.2) is 11.2 Å². The first-order chi connectivity index (χ1) is 67.3. The smallest absolute Gasteiger partial charge is 0.228 e. The monoisotopic (exact) mass is 1780 g/mol. The molecular weight excluding hydrogens is 1690 g/mol. The molecule has 0 radical (unpaired) electrons. The molecule has 0 saturated heterocycles.